The molecule has 0 amide bonds. The highest BCUT2D eigenvalue weighted by atomic mass is 127. The molecule has 0 radical (unpaired) electrons. The Balaban J connectivity index is 3.83. The zero-order valence-electron chi connectivity index (χ0n) is 4.77. The van der Waals surface area contributed by atoms with Crippen molar-refractivity contribution >= 4 is 28.6 Å². The number of carbonyl (C=O) groups is 1. The summed E-state index contributed by atoms with van der Waals surface area (Å²) in [5, 5.41) is 0. The number of esters is 1. The van der Waals surface area contributed by atoms with E-state index in [0.717, 1.165) is 0 Å². The average molecular weight is 226 g/mol. The van der Waals surface area contributed by atoms with E-state index in [1.165, 1.54) is 7.11 Å². The van der Waals surface area contributed by atoms with E-state index in [4.69, 9.17) is 0 Å². The molecule has 0 aliphatic heterocycles. The molecule has 0 bridgehead atoms. The average Bonchev–Trinajstić information content (AvgIpc) is 1.84. The fourth-order valence-electron chi connectivity index (χ4n) is 0.215. The minimum atomic E-state index is -0.270. The molecule has 3 heteroatoms. The fourth-order valence-corrected chi connectivity index (χ4v) is 0.436. The smallest absolute Gasteiger partial charge is 0.343 e. The standard InChI is InChI=1S/C5H7IO2/c1-3-4(6)5(7)8-2/h3H,1-2H3. The predicted molar refractivity (Wildman–Crippen MR) is 39.8 cm³/mol. The Hall–Kier alpha value is -0.0600. The lowest BCUT2D eigenvalue weighted by atomic mass is 10.5. The van der Waals surface area contributed by atoms with Gasteiger partial charge in [-0.2, -0.15) is 0 Å². The van der Waals surface area contributed by atoms with Crippen LogP contribution in [0.4, 0.5) is 0 Å². The van der Waals surface area contributed by atoms with Gasteiger partial charge in [0.05, 0.1) is 10.7 Å². The summed E-state index contributed by atoms with van der Waals surface area (Å²) in [6.45, 7) is 1.79. The van der Waals surface area contributed by atoms with E-state index in [1.807, 2.05) is 22.6 Å². The summed E-state index contributed by atoms with van der Waals surface area (Å²) >= 11 is 1.92. The summed E-state index contributed by atoms with van der Waals surface area (Å²) in [4.78, 5) is 10.4. The quantitative estimate of drug-likeness (QED) is 0.384. The van der Waals surface area contributed by atoms with Crippen molar-refractivity contribution in [2.24, 2.45) is 0 Å². The maximum absolute atomic E-state index is 10.4. The largest absolute Gasteiger partial charge is 0.465 e. The first-order valence-electron chi connectivity index (χ1n) is 2.12. The number of hydrogen-bond acceptors (Lipinski definition) is 2. The molecule has 0 aromatic rings. The van der Waals surface area contributed by atoms with Crippen LogP contribution in [0.1, 0.15) is 6.92 Å². The molecule has 0 aromatic carbocycles. The molecule has 0 unspecified atom stereocenters. The summed E-state index contributed by atoms with van der Waals surface area (Å²) in [6, 6.07) is 0. The maximum Gasteiger partial charge on any atom is 0.343 e. The third kappa shape index (κ3) is 2.30. The second-order valence-corrected chi connectivity index (χ2v) is 2.29. The van der Waals surface area contributed by atoms with Gasteiger partial charge in [-0.1, -0.05) is 6.08 Å². The van der Waals surface area contributed by atoms with Crippen LogP contribution in [0.5, 0.6) is 0 Å². The van der Waals surface area contributed by atoms with Crippen LogP contribution in [0.2, 0.25) is 0 Å². The van der Waals surface area contributed by atoms with Crippen LogP contribution in [-0.2, 0) is 9.53 Å². The van der Waals surface area contributed by atoms with Gasteiger partial charge in [-0.15, -0.1) is 0 Å². The Morgan fingerprint density at radius 1 is 1.75 bits per heavy atom. The SMILES string of the molecule is CC=C(I)C(=O)OC. The Bertz CT molecular complexity index is 118. The van der Waals surface area contributed by atoms with Crippen molar-refractivity contribution in [2.45, 2.75) is 6.92 Å². The Morgan fingerprint density at radius 2 is 2.25 bits per heavy atom. The molecule has 0 aliphatic carbocycles. The second-order valence-electron chi connectivity index (χ2n) is 1.13. The van der Waals surface area contributed by atoms with Crippen molar-refractivity contribution in [3.05, 3.63) is 9.66 Å². The molecule has 2 nitrogen and oxygen atoms in total. The van der Waals surface area contributed by atoms with Gasteiger partial charge in [-0.25, -0.2) is 4.79 Å². The topological polar surface area (TPSA) is 26.3 Å². The number of rotatable bonds is 1. The van der Waals surface area contributed by atoms with Gasteiger partial charge in [-0.3, -0.25) is 0 Å². The molecule has 0 fully saturated rings. The Labute approximate surface area is 62.0 Å². The molecule has 8 heavy (non-hydrogen) atoms. The first kappa shape index (κ1) is 7.94. The van der Waals surface area contributed by atoms with Gasteiger partial charge in [0.2, 0.25) is 0 Å². The predicted octanol–water partition coefficient (Wildman–Crippen LogP) is 1.50. The van der Waals surface area contributed by atoms with E-state index in [9.17, 15) is 4.79 Å². The Morgan fingerprint density at radius 3 is 2.38 bits per heavy atom. The highest BCUT2D eigenvalue weighted by molar-refractivity contribution is 14.1. The van der Waals surface area contributed by atoms with Gasteiger partial charge in [0, 0.05) is 0 Å². The van der Waals surface area contributed by atoms with E-state index in [1.54, 1.807) is 13.0 Å². The van der Waals surface area contributed by atoms with Crippen LogP contribution in [0.15, 0.2) is 9.66 Å². The van der Waals surface area contributed by atoms with E-state index >= 15 is 0 Å². The molecule has 0 aliphatic rings. The van der Waals surface area contributed by atoms with Crippen LogP contribution in [0.25, 0.3) is 0 Å². The van der Waals surface area contributed by atoms with Gasteiger partial charge < -0.3 is 4.74 Å². The zero-order valence-corrected chi connectivity index (χ0v) is 6.93. The minimum Gasteiger partial charge on any atom is -0.465 e. The van der Waals surface area contributed by atoms with Gasteiger partial charge >= 0.3 is 5.97 Å². The summed E-state index contributed by atoms with van der Waals surface area (Å²) in [6.07, 6.45) is 1.70. The first-order valence-corrected chi connectivity index (χ1v) is 3.20. The number of ether oxygens (including phenoxy) is 1. The molecule has 0 aromatic heterocycles. The van der Waals surface area contributed by atoms with Gasteiger partial charge in [-0.05, 0) is 29.5 Å². The molecular weight excluding hydrogens is 219 g/mol. The molecule has 0 heterocycles. The normalized spacial score (nSPS) is 11.1. The maximum atomic E-state index is 10.4. The summed E-state index contributed by atoms with van der Waals surface area (Å²) in [5.74, 6) is -0.270. The molecule has 0 spiro atoms. The molecule has 0 atom stereocenters. The van der Waals surface area contributed by atoms with Gasteiger partial charge in [0.15, 0.2) is 0 Å². The molecule has 0 saturated heterocycles. The Kier molecular flexibility index (Phi) is 3.85. The summed E-state index contributed by atoms with van der Waals surface area (Å²) < 4.78 is 5.00. The van der Waals surface area contributed by atoms with Crippen molar-refractivity contribution in [1.82, 2.24) is 0 Å². The highest BCUT2D eigenvalue weighted by Crippen LogP contribution is 2.05. The van der Waals surface area contributed by atoms with Crippen molar-refractivity contribution < 1.29 is 9.53 Å². The van der Waals surface area contributed by atoms with E-state index < -0.39 is 0 Å². The fraction of sp³-hybridized carbons (Fsp3) is 0.400. The second kappa shape index (κ2) is 3.88. The third-order valence-corrected chi connectivity index (χ3v) is 1.70. The lowest BCUT2D eigenvalue weighted by molar-refractivity contribution is -0.135. The highest BCUT2D eigenvalue weighted by Gasteiger charge is 2.00. The number of carbonyl (C=O) groups excluding carboxylic acids is 1. The number of methoxy groups -OCH3 is 1. The molecule has 46 valence electrons. The minimum absolute atomic E-state index is 0.270. The third-order valence-electron chi connectivity index (χ3n) is 0.634. The monoisotopic (exact) mass is 226 g/mol. The number of halogens is 1. The molecule has 0 N–H and O–H groups in total. The van der Waals surface area contributed by atoms with Gasteiger partial charge in [0.25, 0.3) is 0 Å². The first-order chi connectivity index (χ1) is 3.72. The molecular formula is C5H7IO2. The van der Waals surface area contributed by atoms with Crippen LogP contribution < -0.4 is 0 Å². The zero-order chi connectivity index (χ0) is 6.57. The number of allylic oxidation sites excluding steroid dienone is 1. The van der Waals surface area contributed by atoms with E-state index in [2.05, 4.69) is 4.74 Å². The van der Waals surface area contributed by atoms with Crippen LogP contribution in [0.3, 0.4) is 0 Å². The summed E-state index contributed by atoms with van der Waals surface area (Å²) in [5.41, 5.74) is 0. The lowest BCUT2D eigenvalue weighted by Gasteiger charge is -1.92. The number of hydrogen-bond donors (Lipinski definition) is 0. The lowest BCUT2D eigenvalue weighted by Crippen LogP contribution is -1.97. The van der Waals surface area contributed by atoms with Crippen molar-refractivity contribution in [1.29, 1.82) is 0 Å². The summed E-state index contributed by atoms with van der Waals surface area (Å²) in [7, 11) is 1.37. The van der Waals surface area contributed by atoms with Crippen LogP contribution >= 0.6 is 22.6 Å². The van der Waals surface area contributed by atoms with Crippen LogP contribution in [-0.4, -0.2) is 13.1 Å². The molecule has 0 rings (SSSR count). The molecule has 0 saturated carbocycles. The van der Waals surface area contributed by atoms with E-state index in [0.29, 0.717) is 3.58 Å². The van der Waals surface area contributed by atoms with E-state index in [-0.39, 0.29) is 5.97 Å². The van der Waals surface area contributed by atoms with Crippen molar-refractivity contribution in [3.8, 4) is 0 Å². The van der Waals surface area contributed by atoms with Crippen molar-refractivity contribution in [3.63, 3.8) is 0 Å². The van der Waals surface area contributed by atoms with Crippen molar-refractivity contribution in [2.75, 3.05) is 7.11 Å². The van der Waals surface area contributed by atoms with Crippen LogP contribution in [0, 0.1) is 0 Å². The van der Waals surface area contributed by atoms with Gasteiger partial charge in [0.1, 0.15) is 0 Å².